The lowest BCUT2D eigenvalue weighted by Gasteiger charge is -2.36. The molecule has 2 atom stereocenters. The van der Waals surface area contributed by atoms with E-state index in [1.807, 2.05) is 0 Å². The molecule has 1 aliphatic heterocycles. The van der Waals surface area contributed by atoms with Gasteiger partial charge in [0.2, 0.25) is 0 Å². The minimum Gasteiger partial charge on any atom is -0.480 e. The summed E-state index contributed by atoms with van der Waals surface area (Å²) in [6.07, 6.45) is 2.37. The van der Waals surface area contributed by atoms with Gasteiger partial charge in [0.15, 0.2) is 0 Å². The number of likely N-dealkylation sites (tertiary alicyclic amines) is 1. The lowest BCUT2D eigenvalue weighted by atomic mass is 9.97. The standard InChI is InChI=1S/C12H24N2O3/c1-10(9-17-2)14-5-3-4-11(8-14)6-13-7-12(15)16/h10-11,13H,3-9H2,1-2H3,(H,15,16). The first-order valence-corrected chi connectivity index (χ1v) is 6.29. The molecule has 0 radical (unpaired) electrons. The number of carbonyl (C=O) groups is 1. The van der Waals surface area contributed by atoms with Crippen LogP contribution in [0.4, 0.5) is 0 Å². The minimum atomic E-state index is -0.787. The van der Waals surface area contributed by atoms with Gasteiger partial charge in [0.05, 0.1) is 13.2 Å². The van der Waals surface area contributed by atoms with Crippen molar-refractivity contribution in [2.75, 3.05) is 39.9 Å². The number of piperidine rings is 1. The second kappa shape index (κ2) is 7.63. The van der Waals surface area contributed by atoms with E-state index in [1.165, 1.54) is 12.8 Å². The van der Waals surface area contributed by atoms with Gasteiger partial charge in [-0.05, 0) is 38.8 Å². The number of aliphatic carboxylic acids is 1. The summed E-state index contributed by atoms with van der Waals surface area (Å²) in [6.45, 7) is 5.95. The van der Waals surface area contributed by atoms with Crippen molar-refractivity contribution in [2.24, 2.45) is 5.92 Å². The van der Waals surface area contributed by atoms with Crippen molar-refractivity contribution >= 4 is 5.97 Å². The number of nitrogens with one attached hydrogen (secondary N) is 1. The molecule has 5 heteroatoms. The summed E-state index contributed by atoms with van der Waals surface area (Å²) in [6, 6.07) is 0.447. The van der Waals surface area contributed by atoms with Gasteiger partial charge in [0.1, 0.15) is 0 Å². The number of nitrogens with zero attached hydrogens (tertiary/aromatic N) is 1. The number of ether oxygens (including phenoxy) is 1. The molecule has 0 saturated carbocycles. The molecule has 1 fully saturated rings. The predicted octanol–water partition coefficient (Wildman–Crippen LogP) is 0.408. The lowest BCUT2D eigenvalue weighted by molar-refractivity contribution is -0.136. The maximum absolute atomic E-state index is 10.4. The summed E-state index contributed by atoms with van der Waals surface area (Å²) in [5.41, 5.74) is 0. The van der Waals surface area contributed by atoms with Gasteiger partial charge >= 0.3 is 5.97 Å². The van der Waals surface area contributed by atoms with Gasteiger partial charge in [-0.1, -0.05) is 0 Å². The molecule has 5 nitrogen and oxygen atoms in total. The van der Waals surface area contributed by atoms with E-state index in [9.17, 15) is 4.79 Å². The van der Waals surface area contributed by atoms with Crippen LogP contribution in [0.2, 0.25) is 0 Å². The van der Waals surface area contributed by atoms with E-state index in [2.05, 4.69) is 17.1 Å². The van der Waals surface area contributed by atoms with Gasteiger partial charge < -0.3 is 15.2 Å². The molecule has 2 unspecified atom stereocenters. The SMILES string of the molecule is COCC(C)N1CCCC(CNCC(=O)O)C1. The summed E-state index contributed by atoms with van der Waals surface area (Å²) in [5, 5.41) is 11.6. The lowest BCUT2D eigenvalue weighted by Crippen LogP contribution is -2.45. The van der Waals surface area contributed by atoms with Crippen LogP contribution in [0.25, 0.3) is 0 Å². The van der Waals surface area contributed by atoms with E-state index in [0.29, 0.717) is 12.0 Å². The zero-order valence-electron chi connectivity index (χ0n) is 10.8. The van der Waals surface area contributed by atoms with Gasteiger partial charge in [-0.3, -0.25) is 9.69 Å². The van der Waals surface area contributed by atoms with Crippen LogP contribution in [-0.4, -0.2) is 61.9 Å². The highest BCUT2D eigenvalue weighted by Gasteiger charge is 2.23. The highest BCUT2D eigenvalue weighted by molar-refractivity contribution is 5.68. The molecular formula is C12H24N2O3. The van der Waals surface area contributed by atoms with E-state index in [-0.39, 0.29) is 6.54 Å². The van der Waals surface area contributed by atoms with Gasteiger partial charge in [-0.2, -0.15) is 0 Å². The molecule has 2 N–H and O–H groups in total. The number of rotatable bonds is 7. The molecule has 0 aromatic carbocycles. The molecule has 1 saturated heterocycles. The molecule has 17 heavy (non-hydrogen) atoms. The monoisotopic (exact) mass is 244 g/mol. The quantitative estimate of drug-likeness (QED) is 0.679. The van der Waals surface area contributed by atoms with Gasteiger partial charge in [-0.25, -0.2) is 0 Å². The Kier molecular flexibility index (Phi) is 6.47. The largest absolute Gasteiger partial charge is 0.480 e. The number of carboxylic acids is 1. The Morgan fingerprint density at radius 1 is 1.65 bits per heavy atom. The molecule has 1 rings (SSSR count). The molecule has 100 valence electrons. The zero-order chi connectivity index (χ0) is 12.7. The number of hydrogen-bond acceptors (Lipinski definition) is 4. The third-order valence-electron chi connectivity index (χ3n) is 3.29. The van der Waals surface area contributed by atoms with Crippen LogP contribution in [0, 0.1) is 5.92 Å². The molecule has 0 amide bonds. The molecule has 1 heterocycles. The molecule has 0 aliphatic carbocycles. The Labute approximate surface area is 103 Å². The summed E-state index contributed by atoms with van der Waals surface area (Å²) in [4.78, 5) is 12.8. The Morgan fingerprint density at radius 3 is 3.06 bits per heavy atom. The fourth-order valence-corrected chi connectivity index (χ4v) is 2.39. The number of carboxylic acid groups (broad SMARTS) is 1. The topological polar surface area (TPSA) is 61.8 Å². The number of hydrogen-bond donors (Lipinski definition) is 2. The van der Waals surface area contributed by atoms with Gasteiger partial charge in [0, 0.05) is 19.7 Å². The second-order valence-corrected chi connectivity index (χ2v) is 4.83. The zero-order valence-corrected chi connectivity index (χ0v) is 10.8. The molecule has 0 aromatic heterocycles. The van der Waals surface area contributed by atoms with E-state index in [0.717, 1.165) is 26.2 Å². The predicted molar refractivity (Wildman–Crippen MR) is 66.1 cm³/mol. The third kappa shape index (κ3) is 5.48. The summed E-state index contributed by atoms with van der Waals surface area (Å²) in [7, 11) is 1.73. The second-order valence-electron chi connectivity index (χ2n) is 4.83. The summed E-state index contributed by atoms with van der Waals surface area (Å²) < 4.78 is 5.17. The van der Waals surface area contributed by atoms with Crippen LogP contribution in [0.15, 0.2) is 0 Å². The first-order valence-electron chi connectivity index (χ1n) is 6.29. The van der Waals surface area contributed by atoms with Crippen molar-refractivity contribution < 1.29 is 14.6 Å². The van der Waals surface area contributed by atoms with Gasteiger partial charge in [0.25, 0.3) is 0 Å². The molecule has 0 bridgehead atoms. The maximum atomic E-state index is 10.4. The Hall–Kier alpha value is -0.650. The smallest absolute Gasteiger partial charge is 0.317 e. The Balaban J connectivity index is 2.25. The van der Waals surface area contributed by atoms with Crippen molar-refractivity contribution in [3.05, 3.63) is 0 Å². The number of methoxy groups -OCH3 is 1. The van der Waals surface area contributed by atoms with E-state index in [1.54, 1.807) is 7.11 Å². The van der Waals surface area contributed by atoms with Crippen LogP contribution >= 0.6 is 0 Å². The van der Waals surface area contributed by atoms with E-state index >= 15 is 0 Å². The molecular weight excluding hydrogens is 220 g/mol. The molecule has 1 aliphatic rings. The van der Waals surface area contributed by atoms with E-state index in [4.69, 9.17) is 9.84 Å². The first-order chi connectivity index (χ1) is 8.13. The summed E-state index contributed by atoms with van der Waals surface area (Å²) >= 11 is 0. The van der Waals surface area contributed by atoms with Crippen LogP contribution in [0.1, 0.15) is 19.8 Å². The third-order valence-corrected chi connectivity index (χ3v) is 3.29. The van der Waals surface area contributed by atoms with Crippen molar-refractivity contribution in [2.45, 2.75) is 25.8 Å². The van der Waals surface area contributed by atoms with Crippen molar-refractivity contribution in [1.29, 1.82) is 0 Å². The van der Waals surface area contributed by atoms with E-state index < -0.39 is 5.97 Å². The first kappa shape index (κ1) is 14.4. The molecule has 0 aromatic rings. The summed E-state index contributed by atoms with van der Waals surface area (Å²) in [5.74, 6) is -0.229. The minimum absolute atomic E-state index is 0.0596. The Bertz CT molecular complexity index is 236. The van der Waals surface area contributed by atoms with Crippen LogP contribution in [0.3, 0.4) is 0 Å². The normalized spacial score (nSPS) is 23.5. The van der Waals surface area contributed by atoms with Crippen LogP contribution < -0.4 is 5.32 Å². The van der Waals surface area contributed by atoms with Crippen molar-refractivity contribution in [3.63, 3.8) is 0 Å². The fraction of sp³-hybridized carbons (Fsp3) is 0.917. The van der Waals surface area contributed by atoms with Crippen LogP contribution in [-0.2, 0) is 9.53 Å². The average Bonchev–Trinajstić information content (AvgIpc) is 2.29. The maximum Gasteiger partial charge on any atom is 0.317 e. The Morgan fingerprint density at radius 2 is 2.41 bits per heavy atom. The highest BCUT2D eigenvalue weighted by atomic mass is 16.5. The average molecular weight is 244 g/mol. The highest BCUT2D eigenvalue weighted by Crippen LogP contribution is 2.17. The van der Waals surface area contributed by atoms with Crippen LogP contribution in [0.5, 0.6) is 0 Å². The molecule has 0 spiro atoms. The van der Waals surface area contributed by atoms with Crippen molar-refractivity contribution in [1.82, 2.24) is 10.2 Å². The van der Waals surface area contributed by atoms with Gasteiger partial charge in [-0.15, -0.1) is 0 Å². The fourth-order valence-electron chi connectivity index (χ4n) is 2.39. The van der Waals surface area contributed by atoms with Crippen molar-refractivity contribution in [3.8, 4) is 0 Å².